The SMILES string of the molecule is C[C@H]1CCc2c(sc3ncn([C@@H](C)C(=O)Nc4ccccc4)c(=O)c23)C1. The molecule has 1 N–H and O–H groups in total. The number of amides is 1. The van der Waals surface area contributed by atoms with E-state index in [0.29, 0.717) is 17.0 Å². The van der Waals surface area contributed by atoms with Gasteiger partial charge < -0.3 is 5.32 Å². The van der Waals surface area contributed by atoms with Gasteiger partial charge in [0.1, 0.15) is 10.9 Å². The Hall–Kier alpha value is -2.47. The van der Waals surface area contributed by atoms with Crippen molar-refractivity contribution < 1.29 is 4.79 Å². The maximum absolute atomic E-state index is 13.1. The first-order valence-electron chi connectivity index (χ1n) is 8.92. The van der Waals surface area contributed by atoms with Crippen molar-refractivity contribution in [3.8, 4) is 0 Å². The number of carbonyl (C=O) groups is 1. The average molecular weight is 367 g/mol. The van der Waals surface area contributed by atoms with Crippen molar-refractivity contribution >= 4 is 33.1 Å². The summed E-state index contributed by atoms with van der Waals surface area (Å²) < 4.78 is 1.45. The first-order valence-corrected chi connectivity index (χ1v) is 9.73. The van der Waals surface area contributed by atoms with Gasteiger partial charge in [-0.3, -0.25) is 14.2 Å². The summed E-state index contributed by atoms with van der Waals surface area (Å²) in [5.74, 6) is 0.422. The predicted octanol–water partition coefficient (Wildman–Crippen LogP) is 3.78. The van der Waals surface area contributed by atoms with E-state index in [-0.39, 0.29) is 11.5 Å². The molecule has 1 amide bonds. The Morgan fingerprint density at radius 2 is 2.12 bits per heavy atom. The summed E-state index contributed by atoms with van der Waals surface area (Å²) in [6.07, 6.45) is 4.53. The molecule has 2 aromatic heterocycles. The summed E-state index contributed by atoms with van der Waals surface area (Å²) in [5, 5.41) is 3.56. The third-order valence-electron chi connectivity index (χ3n) is 5.08. The molecule has 0 spiro atoms. The van der Waals surface area contributed by atoms with Gasteiger partial charge in [-0.15, -0.1) is 11.3 Å². The minimum absolute atomic E-state index is 0.113. The second-order valence-corrected chi connectivity index (χ2v) is 8.10. The number of para-hydroxylation sites is 1. The Balaban J connectivity index is 1.69. The molecule has 3 aromatic rings. The minimum atomic E-state index is -0.627. The number of anilines is 1. The Morgan fingerprint density at radius 3 is 2.88 bits per heavy atom. The molecule has 134 valence electrons. The van der Waals surface area contributed by atoms with Crippen LogP contribution in [0.15, 0.2) is 41.5 Å². The molecular weight excluding hydrogens is 346 g/mol. The number of aryl methyl sites for hydroxylation is 1. The van der Waals surface area contributed by atoms with Crippen molar-refractivity contribution in [3.63, 3.8) is 0 Å². The summed E-state index contributed by atoms with van der Waals surface area (Å²) in [6, 6.07) is 8.63. The maximum Gasteiger partial charge on any atom is 0.263 e. The van der Waals surface area contributed by atoms with E-state index >= 15 is 0 Å². The van der Waals surface area contributed by atoms with Gasteiger partial charge >= 0.3 is 0 Å². The van der Waals surface area contributed by atoms with Crippen LogP contribution in [0, 0.1) is 5.92 Å². The van der Waals surface area contributed by atoms with Gasteiger partial charge in [0.2, 0.25) is 5.91 Å². The van der Waals surface area contributed by atoms with Crippen molar-refractivity contribution in [3.05, 3.63) is 57.5 Å². The zero-order valence-electron chi connectivity index (χ0n) is 14.9. The van der Waals surface area contributed by atoms with Gasteiger partial charge in [0.15, 0.2) is 0 Å². The van der Waals surface area contributed by atoms with Gasteiger partial charge in [0, 0.05) is 10.6 Å². The third kappa shape index (κ3) is 2.94. The monoisotopic (exact) mass is 367 g/mol. The molecule has 4 rings (SSSR count). The molecule has 26 heavy (non-hydrogen) atoms. The molecule has 5 nitrogen and oxygen atoms in total. The standard InChI is InChI=1S/C20H21N3O2S/c1-12-8-9-15-16(10-12)26-19-17(15)20(25)23(11-21-19)13(2)18(24)22-14-6-4-3-5-7-14/h3-7,11-13H,8-10H2,1-2H3,(H,22,24)/t12-,13-/m0/s1. The van der Waals surface area contributed by atoms with Crippen LogP contribution in [0.25, 0.3) is 10.2 Å². The van der Waals surface area contributed by atoms with E-state index in [1.54, 1.807) is 18.3 Å². The van der Waals surface area contributed by atoms with Gasteiger partial charge in [-0.25, -0.2) is 4.98 Å². The molecule has 0 unspecified atom stereocenters. The molecule has 0 aliphatic heterocycles. The fourth-order valence-electron chi connectivity index (χ4n) is 3.51. The van der Waals surface area contributed by atoms with Gasteiger partial charge in [0.25, 0.3) is 5.56 Å². The Kier molecular flexibility index (Phi) is 4.36. The first-order chi connectivity index (χ1) is 12.5. The number of thiophene rings is 1. The molecular formula is C20H21N3O2S. The largest absolute Gasteiger partial charge is 0.324 e. The molecule has 2 atom stereocenters. The van der Waals surface area contributed by atoms with Crippen LogP contribution in [0.2, 0.25) is 0 Å². The van der Waals surface area contributed by atoms with Crippen LogP contribution in [-0.4, -0.2) is 15.5 Å². The van der Waals surface area contributed by atoms with Crippen LogP contribution in [0.5, 0.6) is 0 Å². The number of fused-ring (bicyclic) bond motifs is 3. The fourth-order valence-corrected chi connectivity index (χ4v) is 4.86. The van der Waals surface area contributed by atoms with Gasteiger partial charge in [-0.1, -0.05) is 25.1 Å². The predicted molar refractivity (Wildman–Crippen MR) is 105 cm³/mol. The average Bonchev–Trinajstić information content (AvgIpc) is 3.00. The van der Waals surface area contributed by atoms with Crippen molar-refractivity contribution in [2.45, 2.75) is 39.2 Å². The summed E-state index contributed by atoms with van der Waals surface area (Å²) in [4.78, 5) is 32.2. The lowest BCUT2D eigenvalue weighted by Gasteiger charge is -2.18. The van der Waals surface area contributed by atoms with E-state index in [2.05, 4.69) is 17.2 Å². The minimum Gasteiger partial charge on any atom is -0.324 e. The molecule has 0 saturated carbocycles. The number of carbonyl (C=O) groups excluding carboxylic acids is 1. The number of rotatable bonds is 3. The number of hydrogen-bond acceptors (Lipinski definition) is 4. The van der Waals surface area contributed by atoms with Crippen LogP contribution in [-0.2, 0) is 17.6 Å². The van der Waals surface area contributed by atoms with Gasteiger partial charge in [-0.05, 0) is 49.8 Å². The van der Waals surface area contributed by atoms with Crippen LogP contribution in [0.3, 0.4) is 0 Å². The summed E-state index contributed by atoms with van der Waals surface area (Å²) in [7, 11) is 0. The van der Waals surface area contributed by atoms with E-state index in [0.717, 1.165) is 29.7 Å². The van der Waals surface area contributed by atoms with Crippen molar-refractivity contribution in [2.75, 3.05) is 5.32 Å². The number of nitrogens with zero attached hydrogens (tertiary/aromatic N) is 2. The number of aromatic nitrogens is 2. The van der Waals surface area contributed by atoms with Gasteiger partial charge in [0.05, 0.1) is 11.7 Å². The smallest absolute Gasteiger partial charge is 0.263 e. The normalized spacial score (nSPS) is 17.7. The van der Waals surface area contributed by atoms with E-state index in [1.807, 2.05) is 30.3 Å². The van der Waals surface area contributed by atoms with Crippen molar-refractivity contribution in [2.24, 2.45) is 5.92 Å². The highest BCUT2D eigenvalue weighted by molar-refractivity contribution is 7.18. The Labute approximate surface area is 155 Å². The van der Waals surface area contributed by atoms with E-state index in [9.17, 15) is 9.59 Å². The van der Waals surface area contributed by atoms with Crippen LogP contribution < -0.4 is 10.9 Å². The summed E-state index contributed by atoms with van der Waals surface area (Å²) in [5.41, 5.74) is 1.75. The van der Waals surface area contributed by atoms with Crippen LogP contribution >= 0.6 is 11.3 Å². The lowest BCUT2D eigenvalue weighted by atomic mass is 9.89. The molecule has 0 saturated heterocycles. The first kappa shape index (κ1) is 17.0. The quantitative estimate of drug-likeness (QED) is 0.766. The molecule has 1 aromatic carbocycles. The Morgan fingerprint density at radius 1 is 1.35 bits per heavy atom. The highest BCUT2D eigenvalue weighted by atomic mass is 32.1. The maximum atomic E-state index is 13.1. The van der Waals surface area contributed by atoms with Crippen LogP contribution in [0.4, 0.5) is 5.69 Å². The number of nitrogens with one attached hydrogen (secondary N) is 1. The second-order valence-electron chi connectivity index (χ2n) is 7.02. The molecule has 2 heterocycles. The molecule has 1 aliphatic carbocycles. The Bertz CT molecular complexity index is 1020. The highest BCUT2D eigenvalue weighted by Gasteiger charge is 2.25. The van der Waals surface area contributed by atoms with E-state index in [1.165, 1.54) is 15.8 Å². The molecule has 1 aliphatic rings. The van der Waals surface area contributed by atoms with Crippen molar-refractivity contribution in [1.82, 2.24) is 9.55 Å². The zero-order chi connectivity index (χ0) is 18.3. The van der Waals surface area contributed by atoms with E-state index in [4.69, 9.17) is 0 Å². The van der Waals surface area contributed by atoms with Crippen molar-refractivity contribution in [1.29, 1.82) is 0 Å². The molecule has 0 radical (unpaired) electrons. The highest BCUT2D eigenvalue weighted by Crippen LogP contribution is 2.35. The number of benzene rings is 1. The molecule has 0 bridgehead atoms. The topological polar surface area (TPSA) is 64.0 Å². The summed E-state index contributed by atoms with van der Waals surface area (Å²) in [6.45, 7) is 3.98. The number of hydrogen-bond donors (Lipinski definition) is 1. The zero-order valence-corrected chi connectivity index (χ0v) is 15.7. The molecule has 0 fully saturated rings. The summed E-state index contributed by atoms with van der Waals surface area (Å²) >= 11 is 1.62. The third-order valence-corrected chi connectivity index (χ3v) is 6.24. The lowest BCUT2D eigenvalue weighted by molar-refractivity contribution is -0.118. The van der Waals surface area contributed by atoms with Crippen LogP contribution in [0.1, 0.15) is 36.8 Å². The molecule has 6 heteroatoms. The lowest BCUT2D eigenvalue weighted by Crippen LogP contribution is -2.32. The van der Waals surface area contributed by atoms with Gasteiger partial charge in [-0.2, -0.15) is 0 Å². The van der Waals surface area contributed by atoms with E-state index < -0.39 is 6.04 Å². The fraction of sp³-hybridized carbons (Fsp3) is 0.350. The second kappa shape index (κ2) is 6.68.